The summed E-state index contributed by atoms with van der Waals surface area (Å²) in [6.07, 6.45) is 2.39. The zero-order valence-electron chi connectivity index (χ0n) is 16.3. The van der Waals surface area contributed by atoms with Gasteiger partial charge >= 0.3 is 5.97 Å². The lowest BCUT2D eigenvalue weighted by molar-refractivity contribution is -0.151. The predicted octanol–water partition coefficient (Wildman–Crippen LogP) is 4.52. The number of aromatic nitrogens is 1. The molecule has 6 nitrogen and oxygen atoms in total. The zero-order valence-corrected chi connectivity index (χ0v) is 17.1. The summed E-state index contributed by atoms with van der Waals surface area (Å²) >= 11 is 6.09. The van der Waals surface area contributed by atoms with Gasteiger partial charge in [-0.15, -0.1) is 0 Å². The van der Waals surface area contributed by atoms with Crippen molar-refractivity contribution in [3.8, 4) is 5.75 Å². The number of fused-ring (bicyclic) bond motifs is 1. The van der Waals surface area contributed by atoms with Crippen LogP contribution in [0.4, 0.5) is 4.39 Å². The standard InChI is InChI=1S/C22H19ClFNO5/c1-3-30-22(28)18(27)10-17(26)14-12-25(11-13-6-4-7-15(24)21(13)23)16-8-5-9-19(29-2)20(14)16/h4-10,12,26H,3,11H2,1-2H3. The summed E-state index contributed by atoms with van der Waals surface area (Å²) in [5.74, 6) is -2.56. The molecule has 3 rings (SSSR count). The molecule has 1 heterocycles. The van der Waals surface area contributed by atoms with Crippen LogP contribution in [0.2, 0.25) is 5.02 Å². The number of aliphatic hydroxyl groups excluding tert-OH is 1. The van der Waals surface area contributed by atoms with Crippen LogP contribution in [0.15, 0.2) is 48.7 Å². The van der Waals surface area contributed by atoms with Crippen molar-refractivity contribution in [3.05, 3.63) is 70.6 Å². The maximum absolute atomic E-state index is 13.8. The van der Waals surface area contributed by atoms with Crippen molar-refractivity contribution in [2.75, 3.05) is 13.7 Å². The highest BCUT2D eigenvalue weighted by molar-refractivity contribution is 6.39. The van der Waals surface area contributed by atoms with Crippen LogP contribution in [-0.4, -0.2) is 35.1 Å². The molecular formula is C22H19ClFNO5. The maximum Gasteiger partial charge on any atom is 0.379 e. The Balaban J connectivity index is 2.12. The minimum Gasteiger partial charge on any atom is -0.507 e. The number of nitrogens with zero attached hydrogens (tertiary/aromatic N) is 1. The molecule has 1 aromatic heterocycles. The number of carbonyl (C=O) groups excluding carboxylic acids is 2. The van der Waals surface area contributed by atoms with Crippen molar-refractivity contribution in [2.24, 2.45) is 0 Å². The highest BCUT2D eigenvalue weighted by atomic mass is 35.5. The lowest BCUT2D eigenvalue weighted by Gasteiger charge is -2.09. The topological polar surface area (TPSA) is 77.8 Å². The molecule has 0 bridgehead atoms. The normalized spacial score (nSPS) is 11.5. The van der Waals surface area contributed by atoms with Gasteiger partial charge < -0.3 is 19.1 Å². The first-order chi connectivity index (χ1) is 14.4. The minimum atomic E-state index is -1.06. The molecule has 0 saturated carbocycles. The van der Waals surface area contributed by atoms with Gasteiger partial charge in [-0.05, 0) is 30.7 Å². The Hall–Kier alpha value is -3.32. The van der Waals surface area contributed by atoms with E-state index in [1.54, 1.807) is 48.0 Å². The van der Waals surface area contributed by atoms with Crippen LogP contribution in [0, 0.1) is 5.82 Å². The first-order valence-corrected chi connectivity index (χ1v) is 9.46. The van der Waals surface area contributed by atoms with Crippen LogP contribution >= 0.6 is 11.6 Å². The highest BCUT2D eigenvalue weighted by Crippen LogP contribution is 2.35. The Morgan fingerprint density at radius 2 is 1.97 bits per heavy atom. The molecule has 0 amide bonds. The number of methoxy groups -OCH3 is 1. The van der Waals surface area contributed by atoms with Crippen LogP contribution in [-0.2, 0) is 20.9 Å². The van der Waals surface area contributed by atoms with Gasteiger partial charge in [-0.1, -0.05) is 29.8 Å². The second-order valence-corrected chi connectivity index (χ2v) is 6.73. The summed E-state index contributed by atoms with van der Waals surface area (Å²) in [4.78, 5) is 23.6. The highest BCUT2D eigenvalue weighted by Gasteiger charge is 2.20. The fraction of sp³-hybridized carbons (Fsp3) is 0.182. The van der Waals surface area contributed by atoms with Crippen molar-refractivity contribution >= 4 is 40.0 Å². The van der Waals surface area contributed by atoms with Gasteiger partial charge in [-0.25, -0.2) is 9.18 Å². The van der Waals surface area contributed by atoms with Gasteiger partial charge in [0.05, 0.1) is 29.6 Å². The third-order valence-corrected chi connectivity index (χ3v) is 4.90. The molecule has 1 N–H and O–H groups in total. The summed E-state index contributed by atoms with van der Waals surface area (Å²) in [6.45, 7) is 1.82. The van der Waals surface area contributed by atoms with Gasteiger partial charge in [0, 0.05) is 24.4 Å². The van der Waals surface area contributed by atoms with E-state index in [2.05, 4.69) is 4.74 Å². The van der Waals surface area contributed by atoms with E-state index < -0.39 is 23.3 Å². The van der Waals surface area contributed by atoms with Crippen molar-refractivity contribution in [2.45, 2.75) is 13.5 Å². The smallest absolute Gasteiger partial charge is 0.379 e. The van der Waals surface area contributed by atoms with E-state index >= 15 is 0 Å². The first kappa shape index (κ1) is 21.4. The Kier molecular flexibility index (Phi) is 6.42. The molecular weight excluding hydrogens is 413 g/mol. The average Bonchev–Trinajstić information content (AvgIpc) is 3.10. The summed E-state index contributed by atoms with van der Waals surface area (Å²) in [7, 11) is 1.48. The van der Waals surface area contributed by atoms with Crippen molar-refractivity contribution in [1.29, 1.82) is 0 Å². The summed E-state index contributed by atoms with van der Waals surface area (Å²) in [6, 6.07) is 9.76. The molecule has 0 aliphatic heterocycles. The zero-order chi connectivity index (χ0) is 21.8. The summed E-state index contributed by atoms with van der Waals surface area (Å²) in [5, 5.41) is 11.1. The molecule has 30 heavy (non-hydrogen) atoms. The Morgan fingerprint density at radius 3 is 2.67 bits per heavy atom. The lowest BCUT2D eigenvalue weighted by atomic mass is 10.1. The lowest BCUT2D eigenvalue weighted by Crippen LogP contribution is -2.15. The van der Waals surface area contributed by atoms with Crippen LogP contribution in [0.3, 0.4) is 0 Å². The van der Waals surface area contributed by atoms with Gasteiger partial charge in [0.25, 0.3) is 5.78 Å². The molecule has 0 spiro atoms. The number of benzene rings is 2. The van der Waals surface area contributed by atoms with E-state index in [9.17, 15) is 19.1 Å². The number of ether oxygens (including phenoxy) is 2. The first-order valence-electron chi connectivity index (χ1n) is 9.08. The molecule has 0 radical (unpaired) electrons. The number of rotatable bonds is 7. The van der Waals surface area contributed by atoms with E-state index in [1.165, 1.54) is 13.2 Å². The molecule has 0 atom stereocenters. The monoisotopic (exact) mass is 431 g/mol. The number of carbonyl (C=O) groups is 2. The third kappa shape index (κ3) is 4.16. The maximum atomic E-state index is 13.8. The van der Waals surface area contributed by atoms with Crippen LogP contribution in [0.1, 0.15) is 18.1 Å². The summed E-state index contributed by atoms with van der Waals surface area (Å²) in [5.41, 5.74) is 1.47. The Labute approximate surface area is 177 Å². The number of halogens is 2. The molecule has 0 unspecified atom stereocenters. The molecule has 0 saturated heterocycles. The quantitative estimate of drug-likeness (QED) is 0.257. The second kappa shape index (κ2) is 9.00. The molecule has 3 aromatic rings. The molecule has 0 aliphatic carbocycles. The Morgan fingerprint density at radius 1 is 1.23 bits per heavy atom. The SMILES string of the molecule is CCOC(=O)C(=O)C=C(O)c1cn(Cc2cccc(F)c2Cl)c2cccc(OC)c12. The van der Waals surface area contributed by atoms with Crippen LogP contribution in [0.5, 0.6) is 5.75 Å². The Bertz CT molecular complexity index is 1150. The molecule has 0 aliphatic rings. The van der Waals surface area contributed by atoms with Crippen molar-refractivity contribution in [1.82, 2.24) is 4.57 Å². The van der Waals surface area contributed by atoms with Gasteiger partial charge in [0.2, 0.25) is 0 Å². The van der Waals surface area contributed by atoms with Crippen molar-refractivity contribution in [3.63, 3.8) is 0 Å². The van der Waals surface area contributed by atoms with E-state index in [4.69, 9.17) is 16.3 Å². The number of aliphatic hydroxyl groups is 1. The molecule has 0 fully saturated rings. The molecule has 156 valence electrons. The van der Waals surface area contributed by atoms with Crippen LogP contribution in [0.25, 0.3) is 16.7 Å². The van der Waals surface area contributed by atoms with E-state index in [0.29, 0.717) is 22.2 Å². The van der Waals surface area contributed by atoms with E-state index in [0.717, 1.165) is 6.08 Å². The van der Waals surface area contributed by atoms with E-state index in [-0.39, 0.29) is 23.7 Å². The van der Waals surface area contributed by atoms with Gasteiger partial charge in [0.1, 0.15) is 17.3 Å². The van der Waals surface area contributed by atoms with Crippen LogP contribution < -0.4 is 4.74 Å². The largest absolute Gasteiger partial charge is 0.507 e. The number of hydrogen-bond acceptors (Lipinski definition) is 5. The van der Waals surface area contributed by atoms with Gasteiger partial charge in [-0.2, -0.15) is 0 Å². The molecule has 8 heteroatoms. The van der Waals surface area contributed by atoms with Gasteiger partial charge in [0.15, 0.2) is 0 Å². The third-order valence-electron chi connectivity index (χ3n) is 4.48. The number of hydrogen-bond donors (Lipinski definition) is 1. The fourth-order valence-electron chi connectivity index (χ4n) is 3.13. The second-order valence-electron chi connectivity index (χ2n) is 6.35. The van der Waals surface area contributed by atoms with Crippen molar-refractivity contribution < 1.29 is 28.6 Å². The minimum absolute atomic E-state index is 0.000971. The number of esters is 1. The molecule has 2 aromatic carbocycles. The fourth-order valence-corrected chi connectivity index (χ4v) is 3.32. The van der Waals surface area contributed by atoms with E-state index in [1.807, 2.05) is 0 Å². The predicted molar refractivity (Wildman–Crippen MR) is 111 cm³/mol. The average molecular weight is 432 g/mol. The number of ketones is 1. The summed E-state index contributed by atoms with van der Waals surface area (Å²) < 4.78 is 25.6. The van der Waals surface area contributed by atoms with Gasteiger partial charge in [-0.3, -0.25) is 4.79 Å².